The maximum atomic E-state index is 6.01. The van der Waals surface area contributed by atoms with Gasteiger partial charge in [0.25, 0.3) is 0 Å². The van der Waals surface area contributed by atoms with Crippen LogP contribution in [0.5, 0.6) is 5.75 Å². The molecule has 0 fully saturated rings. The third-order valence-electron chi connectivity index (χ3n) is 3.15. The van der Waals surface area contributed by atoms with Gasteiger partial charge in [-0.05, 0) is 56.2 Å². The summed E-state index contributed by atoms with van der Waals surface area (Å²) in [5.41, 5.74) is 4.53. The first-order valence-corrected chi connectivity index (χ1v) is 7.14. The zero-order chi connectivity index (χ0) is 14.5. The minimum atomic E-state index is 0.622. The molecule has 0 unspecified atom stereocenters. The van der Waals surface area contributed by atoms with Gasteiger partial charge >= 0.3 is 0 Å². The molecule has 2 aromatic rings. The van der Waals surface area contributed by atoms with Crippen LogP contribution in [-0.4, -0.2) is 13.2 Å². The molecule has 0 aliphatic carbocycles. The Morgan fingerprint density at radius 2 is 1.60 bits per heavy atom. The van der Waals surface area contributed by atoms with Crippen LogP contribution in [0.25, 0.3) is 0 Å². The molecule has 0 bridgehead atoms. The Bertz CT molecular complexity index is 555. The average Bonchev–Trinajstić information content (AvgIpc) is 2.39. The van der Waals surface area contributed by atoms with E-state index in [1.165, 1.54) is 5.56 Å². The van der Waals surface area contributed by atoms with Crippen molar-refractivity contribution in [3.05, 3.63) is 58.1 Å². The number of aryl methyl sites for hydroxylation is 3. The van der Waals surface area contributed by atoms with E-state index in [1.54, 1.807) is 0 Å². The van der Waals surface area contributed by atoms with Gasteiger partial charge in [-0.25, -0.2) is 0 Å². The molecule has 0 heterocycles. The van der Waals surface area contributed by atoms with Gasteiger partial charge in [-0.3, -0.25) is 0 Å². The molecule has 0 radical (unpaired) electrons. The van der Waals surface area contributed by atoms with Crippen molar-refractivity contribution in [3.8, 4) is 5.75 Å². The van der Waals surface area contributed by atoms with Gasteiger partial charge in [0.2, 0.25) is 0 Å². The quantitative estimate of drug-likeness (QED) is 0.802. The SMILES string of the molecule is Cc1ccc(NCCOc2c(C)cc(Cl)cc2C)cc1. The van der Waals surface area contributed by atoms with Crippen molar-refractivity contribution in [1.29, 1.82) is 0 Å². The predicted octanol–water partition coefficient (Wildman–Crippen LogP) is 4.76. The van der Waals surface area contributed by atoms with Gasteiger partial charge in [0.1, 0.15) is 12.4 Å². The highest BCUT2D eigenvalue weighted by molar-refractivity contribution is 6.30. The minimum absolute atomic E-state index is 0.622. The molecule has 0 aromatic heterocycles. The molecule has 3 heteroatoms. The number of halogens is 1. The fourth-order valence-electron chi connectivity index (χ4n) is 2.14. The zero-order valence-electron chi connectivity index (χ0n) is 12.2. The lowest BCUT2D eigenvalue weighted by atomic mass is 10.1. The number of hydrogen-bond acceptors (Lipinski definition) is 2. The topological polar surface area (TPSA) is 21.3 Å². The van der Waals surface area contributed by atoms with Gasteiger partial charge < -0.3 is 10.1 Å². The Kier molecular flexibility index (Phi) is 4.91. The van der Waals surface area contributed by atoms with E-state index < -0.39 is 0 Å². The minimum Gasteiger partial charge on any atom is -0.491 e. The van der Waals surface area contributed by atoms with Crippen LogP contribution in [0.15, 0.2) is 36.4 Å². The Labute approximate surface area is 125 Å². The summed E-state index contributed by atoms with van der Waals surface area (Å²) in [6.07, 6.45) is 0. The lowest BCUT2D eigenvalue weighted by Crippen LogP contribution is -2.12. The van der Waals surface area contributed by atoms with Gasteiger partial charge in [-0.2, -0.15) is 0 Å². The van der Waals surface area contributed by atoms with Crippen molar-refractivity contribution in [2.75, 3.05) is 18.5 Å². The largest absolute Gasteiger partial charge is 0.491 e. The van der Waals surface area contributed by atoms with E-state index in [1.807, 2.05) is 26.0 Å². The molecule has 0 spiro atoms. The highest BCUT2D eigenvalue weighted by atomic mass is 35.5. The van der Waals surface area contributed by atoms with Crippen LogP contribution in [0.2, 0.25) is 5.02 Å². The third-order valence-corrected chi connectivity index (χ3v) is 3.37. The number of anilines is 1. The van der Waals surface area contributed by atoms with Crippen LogP contribution in [0, 0.1) is 20.8 Å². The van der Waals surface area contributed by atoms with Gasteiger partial charge in [0, 0.05) is 17.3 Å². The van der Waals surface area contributed by atoms with E-state index in [2.05, 4.69) is 36.5 Å². The van der Waals surface area contributed by atoms with E-state index in [0.29, 0.717) is 6.61 Å². The molecule has 0 saturated carbocycles. The molecule has 2 aromatic carbocycles. The number of ether oxygens (including phenoxy) is 1. The molecule has 106 valence electrons. The summed E-state index contributed by atoms with van der Waals surface area (Å²) >= 11 is 6.01. The van der Waals surface area contributed by atoms with Gasteiger partial charge in [-0.15, -0.1) is 0 Å². The smallest absolute Gasteiger partial charge is 0.125 e. The number of rotatable bonds is 5. The van der Waals surface area contributed by atoms with Crippen LogP contribution in [0.4, 0.5) is 5.69 Å². The third kappa shape index (κ3) is 3.91. The highest BCUT2D eigenvalue weighted by Gasteiger charge is 2.05. The Morgan fingerprint density at radius 1 is 1.00 bits per heavy atom. The Hall–Kier alpha value is -1.67. The second-order valence-corrected chi connectivity index (χ2v) is 5.45. The van der Waals surface area contributed by atoms with E-state index in [9.17, 15) is 0 Å². The lowest BCUT2D eigenvalue weighted by molar-refractivity contribution is 0.328. The summed E-state index contributed by atoms with van der Waals surface area (Å²) in [4.78, 5) is 0. The highest BCUT2D eigenvalue weighted by Crippen LogP contribution is 2.26. The molecule has 2 nitrogen and oxygen atoms in total. The standard InChI is InChI=1S/C17H20ClNO/c1-12-4-6-16(7-5-12)19-8-9-20-17-13(2)10-15(18)11-14(17)3/h4-7,10-11,19H,8-9H2,1-3H3. The maximum absolute atomic E-state index is 6.01. The summed E-state index contributed by atoms with van der Waals surface area (Å²) in [7, 11) is 0. The fourth-order valence-corrected chi connectivity index (χ4v) is 2.47. The maximum Gasteiger partial charge on any atom is 0.125 e. The Morgan fingerprint density at radius 3 is 2.20 bits per heavy atom. The summed E-state index contributed by atoms with van der Waals surface area (Å²) in [6, 6.07) is 12.2. The molecular weight excluding hydrogens is 270 g/mol. The summed E-state index contributed by atoms with van der Waals surface area (Å²) in [6.45, 7) is 7.50. The average molecular weight is 290 g/mol. The molecular formula is C17H20ClNO. The van der Waals surface area contributed by atoms with Crippen molar-refractivity contribution in [2.24, 2.45) is 0 Å². The number of nitrogens with one attached hydrogen (secondary N) is 1. The predicted molar refractivity (Wildman–Crippen MR) is 86.1 cm³/mol. The normalized spacial score (nSPS) is 10.4. The van der Waals surface area contributed by atoms with Crippen molar-refractivity contribution in [3.63, 3.8) is 0 Å². The molecule has 0 aliphatic rings. The molecule has 0 saturated heterocycles. The molecule has 0 amide bonds. The fraction of sp³-hybridized carbons (Fsp3) is 0.294. The van der Waals surface area contributed by atoms with E-state index in [-0.39, 0.29) is 0 Å². The zero-order valence-corrected chi connectivity index (χ0v) is 12.9. The van der Waals surface area contributed by atoms with Gasteiger partial charge in [0.15, 0.2) is 0 Å². The van der Waals surface area contributed by atoms with Gasteiger partial charge in [-0.1, -0.05) is 29.3 Å². The lowest BCUT2D eigenvalue weighted by Gasteiger charge is -2.13. The molecule has 0 aliphatic heterocycles. The second kappa shape index (κ2) is 6.67. The second-order valence-electron chi connectivity index (χ2n) is 5.01. The van der Waals surface area contributed by atoms with Crippen molar-refractivity contribution in [2.45, 2.75) is 20.8 Å². The molecule has 0 atom stereocenters. The first-order chi connectivity index (χ1) is 9.56. The van der Waals surface area contributed by atoms with E-state index in [0.717, 1.165) is 34.1 Å². The number of benzene rings is 2. The summed E-state index contributed by atoms with van der Waals surface area (Å²) in [5, 5.41) is 4.10. The van der Waals surface area contributed by atoms with Crippen molar-refractivity contribution < 1.29 is 4.74 Å². The van der Waals surface area contributed by atoms with Gasteiger partial charge in [0.05, 0.1) is 0 Å². The van der Waals surface area contributed by atoms with Crippen molar-refractivity contribution in [1.82, 2.24) is 0 Å². The van der Waals surface area contributed by atoms with Crippen LogP contribution in [0.3, 0.4) is 0 Å². The van der Waals surface area contributed by atoms with Crippen LogP contribution < -0.4 is 10.1 Å². The molecule has 20 heavy (non-hydrogen) atoms. The Balaban J connectivity index is 1.86. The van der Waals surface area contributed by atoms with Crippen LogP contribution in [0.1, 0.15) is 16.7 Å². The summed E-state index contributed by atoms with van der Waals surface area (Å²) < 4.78 is 5.85. The molecule has 1 N–H and O–H groups in total. The first kappa shape index (κ1) is 14.7. The summed E-state index contributed by atoms with van der Waals surface area (Å²) in [5.74, 6) is 0.931. The monoisotopic (exact) mass is 289 g/mol. The number of hydrogen-bond donors (Lipinski definition) is 1. The van der Waals surface area contributed by atoms with Crippen LogP contribution in [-0.2, 0) is 0 Å². The van der Waals surface area contributed by atoms with Crippen LogP contribution >= 0.6 is 11.6 Å². The van der Waals surface area contributed by atoms with E-state index >= 15 is 0 Å². The molecule has 2 rings (SSSR count). The van der Waals surface area contributed by atoms with E-state index in [4.69, 9.17) is 16.3 Å². The van der Waals surface area contributed by atoms with Crippen molar-refractivity contribution >= 4 is 17.3 Å². The first-order valence-electron chi connectivity index (χ1n) is 6.76.